The van der Waals surface area contributed by atoms with Gasteiger partial charge in [0.05, 0.1) is 11.4 Å². The number of rotatable bonds is 5. The summed E-state index contributed by atoms with van der Waals surface area (Å²) < 4.78 is 0. The fourth-order valence-electron chi connectivity index (χ4n) is 3.00. The van der Waals surface area contributed by atoms with Crippen LogP contribution in [0.2, 0.25) is 0 Å². The number of primary amides is 1. The Balaban J connectivity index is 2.36. The molecule has 1 amide bonds. The van der Waals surface area contributed by atoms with Crippen LogP contribution in [-0.2, 0) is 0 Å². The summed E-state index contributed by atoms with van der Waals surface area (Å²) in [6, 6.07) is 5.86. The van der Waals surface area contributed by atoms with Gasteiger partial charge in [0.25, 0.3) is 0 Å². The Hall–Kier alpha value is -1.71. The van der Waals surface area contributed by atoms with Gasteiger partial charge >= 0.3 is 0 Å². The molecule has 0 aromatic heterocycles. The van der Waals surface area contributed by atoms with Gasteiger partial charge in [-0.1, -0.05) is 26.7 Å². The predicted molar refractivity (Wildman–Crippen MR) is 83.8 cm³/mol. The molecule has 0 aliphatic heterocycles. The lowest BCUT2D eigenvalue weighted by molar-refractivity contribution is 0.100. The number of carbonyl (C=O) groups excluding carboxylic acids is 1. The number of anilines is 2. The number of benzene rings is 1. The number of nitrogens with two attached hydrogens (primary N) is 2. The summed E-state index contributed by atoms with van der Waals surface area (Å²) in [7, 11) is 0. The average Bonchev–Trinajstić information content (AvgIpc) is 2.90. The van der Waals surface area contributed by atoms with Gasteiger partial charge in [0.2, 0.25) is 5.91 Å². The molecule has 4 heteroatoms. The molecule has 1 fully saturated rings. The smallest absolute Gasteiger partial charge is 0.248 e. The van der Waals surface area contributed by atoms with Gasteiger partial charge in [-0.25, -0.2) is 0 Å². The summed E-state index contributed by atoms with van der Waals surface area (Å²) in [5.41, 5.74) is 13.7. The molecule has 1 aliphatic carbocycles. The van der Waals surface area contributed by atoms with Crippen LogP contribution < -0.4 is 16.4 Å². The van der Waals surface area contributed by atoms with Crippen molar-refractivity contribution in [2.45, 2.75) is 45.6 Å². The van der Waals surface area contributed by atoms with Crippen LogP contribution in [0.5, 0.6) is 0 Å². The molecule has 4 N–H and O–H groups in total. The van der Waals surface area contributed by atoms with Gasteiger partial charge in [0, 0.05) is 18.2 Å². The summed E-state index contributed by atoms with van der Waals surface area (Å²) in [6.45, 7) is 5.36. The van der Waals surface area contributed by atoms with E-state index in [1.807, 2.05) is 6.07 Å². The molecule has 1 aromatic rings. The molecule has 0 saturated heterocycles. The van der Waals surface area contributed by atoms with Crippen molar-refractivity contribution in [2.24, 2.45) is 11.7 Å². The SMILES string of the molecule is CC(C)CN(c1cc(C(N)=O)ccc1N)C1CCCC1. The van der Waals surface area contributed by atoms with E-state index in [2.05, 4.69) is 18.7 Å². The molecule has 0 radical (unpaired) electrons. The van der Waals surface area contributed by atoms with Crippen molar-refractivity contribution in [2.75, 3.05) is 17.2 Å². The lowest BCUT2D eigenvalue weighted by atomic mass is 10.1. The Kier molecular flexibility index (Phi) is 4.53. The lowest BCUT2D eigenvalue weighted by Crippen LogP contribution is -2.37. The molecule has 1 aromatic carbocycles. The maximum Gasteiger partial charge on any atom is 0.248 e. The first-order valence-corrected chi connectivity index (χ1v) is 7.45. The van der Waals surface area contributed by atoms with E-state index < -0.39 is 5.91 Å². The molecule has 2 rings (SSSR count). The van der Waals surface area contributed by atoms with Crippen LogP contribution >= 0.6 is 0 Å². The minimum atomic E-state index is -0.401. The Morgan fingerprint density at radius 3 is 2.55 bits per heavy atom. The zero-order valence-electron chi connectivity index (χ0n) is 12.4. The van der Waals surface area contributed by atoms with Crippen LogP contribution in [0.4, 0.5) is 11.4 Å². The van der Waals surface area contributed by atoms with E-state index >= 15 is 0 Å². The number of amides is 1. The minimum absolute atomic E-state index is 0.401. The van der Waals surface area contributed by atoms with Crippen LogP contribution in [0.15, 0.2) is 18.2 Å². The van der Waals surface area contributed by atoms with Gasteiger partial charge in [-0.15, -0.1) is 0 Å². The number of hydrogen-bond donors (Lipinski definition) is 2. The number of nitrogens with zero attached hydrogens (tertiary/aromatic N) is 1. The normalized spacial score (nSPS) is 15.8. The molecular weight excluding hydrogens is 250 g/mol. The molecule has 0 unspecified atom stereocenters. The van der Waals surface area contributed by atoms with Crippen molar-refractivity contribution in [3.05, 3.63) is 23.8 Å². The van der Waals surface area contributed by atoms with Gasteiger partial charge in [-0.05, 0) is 37.0 Å². The van der Waals surface area contributed by atoms with E-state index in [-0.39, 0.29) is 0 Å². The average molecular weight is 275 g/mol. The molecule has 110 valence electrons. The Morgan fingerprint density at radius 2 is 2.00 bits per heavy atom. The molecule has 4 nitrogen and oxygen atoms in total. The highest BCUT2D eigenvalue weighted by molar-refractivity contribution is 5.95. The van der Waals surface area contributed by atoms with Crippen molar-refractivity contribution >= 4 is 17.3 Å². The molecule has 0 atom stereocenters. The topological polar surface area (TPSA) is 72.3 Å². The molecule has 1 aliphatic rings. The van der Waals surface area contributed by atoms with Crippen LogP contribution in [0, 0.1) is 5.92 Å². The van der Waals surface area contributed by atoms with Gasteiger partial charge in [0.15, 0.2) is 0 Å². The Morgan fingerprint density at radius 1 is 1.35 bits per heavy atom. The standard InChI is InChI=1S/C16H25N3O/c1-11(2)10-19(13-5-3-4-6-13)15-9-12(16(18)20)7-8-14(15)17/h7-9,11,13H,3-6,10,17H2,1-2H3,(H2,18,20). The monoisotopic (exact) mass is 275 g/mol. The zero-order valence-corrected chi connectivity index (χ0v) is 12.4. The van der Waals surface area contributed by atoms with Crippen molar-refractivity contribution in [3.63, 3.8) is 0 Å². The summed E-state index contributed by atoms with van der Waals surface area (Å²) in [6.07, 6.45) is 4.95. The van der Waals surface area contributed by atoms with E-state index in [0.29, 0.717) is 17.5 Å². The quantitative estimate of drug-likeness (QED) is 0.812. The van der Waals surface area contributed by atoms with Crippen LogP contribution in [0.3, 0.4) is 0 Å². The van der Waals surface area contributed by atoms with Gasteiger partial charge in [0.1, 0.15) is 0 Å². The number of hydrogen-bond acceptors (Lipinski definition) is 3. The van der Waals surface area contributed by atoms with E-state index in [0.717, 1.165) is 17.9 Å². The van der Waals surface area contributed by atoms with Crippen molar-refractivity contribution in [3.8, 4) is 0 Å². The third kappa shape index (κ3) is 3.24. The second kappa shape index (κ2) is 6.16. The fraction of sp³-hybridized carbons (Fsp3) is 0.562. The molecular formula is C16H25N3O. The van der Waals surface area contributed by atoms with Crippen molar-refractivity contribution in [1.82, 2.24) is 0 Å². The van der Waals surface area contributed by atoms with E-state index in [1.165, 1.54) is 25.7 Å². The Bertz CT molecular complexity index is 479. The highest BCUT2D eigenvalue weighted by Gasteiger charge is 2.25. The highest BCUT2D eigenvalue weighted by Crippen LogP contribution is 2.33. The van der Waals surface area contributed by atoms with E-state index in [9.17, 15) is 4.79 Å². The van der Waals surface area contributed by atoms with Gasteiger partial charge in [-0.2, -0.15) is 0 Å². The third-order valence-electron chi connectivity index (χ3n) is 3.95. The molecule has 20 heavy (non-hydrogen) atoms. The van der Waals surface area contributed by atoms with Crippen molar-refractivity contribution in [1.29, 1.82) is 0 Å². The molecule has 1 saturated carbocycles. The van der Waals surface area contributed by atoms with Crippen LogP contribution in [0.25, 0.3) is 0 Å². The first kappa shape index (κ1) is 14.7. The largest absolute Gasteiger partial charge is 0.397 e. The van der Waals surface area contributed by atoms with E-state index in [4.69, 9.17) is 11.5 Å². The van der Waals surface area contributed by atoms with Crippen molar-refractivity contribution < 1.29 is 4.79 Å². The fourth-order valence-corrected chi connectivity index (χ4v) is 3.00. The third-order valence-corrected chi connectivity index (χ3v) is 3.95. The van der Waals surface area contributed by atoms with Crippen LogP contribution in [0.1, 0.15) is 49.9 Å². The highest BCUT2D eigenvalue weighted by atomic mass is 16.1. The first-order valence-electron chi connectivity index (χ1n) is 7.45. The van der Waals surface area contributed by atoms with E-state index in [1.54, 1.807) is 12.1 Å². The van der Waals surface area contributed by atoms with Gasteiger partial charge in [-0.3, -0.25) is 4.79 Å². The predicted octanol–water partition coefficient (Wildman–Crippen LogP) is 2.77. The lowest BCUT2D eigenvalue weighted by Gasteiger charge is -2.34. The summed E-state index contributed by atoms with van der Waals surface area (Å²) >= 11 is 0. The second-order valence-electron chi connectivity index (χ2n) is 6.12. The van der Waals surface area contributed by atoms with Gasteiger partial charge < -0.3 is 16.4 Å². The minimum Gasteiger partial charge on any atom is -0.397 e. The molecule has 0 spiro atoms. The molecule has 0 heterocycles. The second-order valence-corrected chi connectivity index (χ2v) is 6.12. The zero-order chi connectivity index (χ0) is 14.7. The molecule has 0 bridgehead atoms. The maximum atomic E-state index is 11.4. The summed E-state index contributed by atoms with van der Waals surface area (Å²) in [5, 5.41) is 0. The number of nitrogen functional groups attached to an aromatic ring is 1. The summed E-state index contributed by atoms with van der Waals surface area (Å²) in [5.74, 6) is 0.148. The summed E-state index contributed by atoms with van der Waals surface area (Å²) in [4.78, 5) is 13.8. The number of carbonyl (C=O) groups is 1. The Labute approximate surface area is 121 Å². The maximum absolute atomic E-state index is 11.4. The van der Waals surface area contributed by atoms with Crippen LogP contribution in [-0.4, -0.2) is 18.5 Å². The first-order chi connectivity index (χ1) is 9.49.